The lowest BCUT2D eigenvalue weighted by molar-refractivity contribution is -0.342. The van der Waals surface area contributed by atoms with Crippen molar-refractivity contribution >= 4 is 0 Å². The molecular formula is C18H19F3O6. The van der Waals surface area contributed by atoms with E-state index < -0.39 is 49.6 Å². The van der Waals surface area contributed by atoms with Gasteiger partial charge in [-0.15, -0.1) is 0 Å². The number of halogens is 3. The topological polar surface area (TPSA) is 99.4 Å². The minimum Gasteiger partial charge on any atom is -0.394 e. The van der Waals surface area contributed by atoms with Gasteiger partial charge in [0, 0.05) is 0 Å². The summed E-state index contributed by atoms with van der Waals surface area (Å²) in [6.07, 6.45) is -16.0. The summed E-state index contributed by atoms with van der Waals surface area (Å²) in [7, 11) is 0. The van der Waals surface area contributed by atoms with Gasteiger partial charge in [-0.2, -0.15) is 13.2 Å². The van der Waals surface area contributed by atoms with E-state index in [0.717, 1.165) is 0 Å². The van der Waals surface area contributed by atoms with Gasteiger partial charge >= 0.3 is 6.18 Å². The second-order valence-corrected chi connectivity index (χ2v) is 6.32. The van der Waals surface area contributed by atoms with Gasteiger partial charge in [-0.3, -0.25) is 0 Å². The maximum atomic E-state index is 13.7. The van der Waals surface area contributed by atoms with Crippen LogP contribution in [0.3, 0.4) is 0 Å². The zero-order valence-electron chi connectivity index (χ0n) is 14.0. The highest BCUT2D eigenvalue weighted by Crippen LogP contribution is 2.43. The molecule has 6 atom stereocenters. The lowest BCUT2D eigenvalue weighted by atomic mass is 9.99. The van der Waals surface area contributed by atoms with Gasteiger partial charge in [0.05, 0.1) is 6.61 Å². The van der Waals surface area contributed by atoms with Crippen molar-refractivity contribution in [3.8, 4) is 11.1 Å². The van der Waals surface area contributed by atoms with Crippen LogP contribution in [0.4, 0.5) is 13.2 Å². The Balaban J connectivity index is 1.93. The summed E-state index contributed by atoms with van der Waals surface area (Å²) >= 11 is 0. The Bertz CT molecular complexity index is 737. The largest absolute Gasteiger partial charge is 0.419 e. The minimum atomic E-state index is -4.84. The molecule has 1 saturated heterocycles. The van der Waals surface area contributed by atoms with Crippen LogP contribution < -0.4 is 0 Å². The standard InChI is InChI=1S/C18H19F3O6/c19-18(20,21)16(11-7-6-9-4-2-1-3-5-10(9)11)27-17-15(25)14(24)13(23)12(8-22)26-17/h1-7,12-17,22-25H,8H2/t12-,13-,14+,15-,16?,17?/m1/s1. The monoisotopic (exact) mass is 388 g/mol. The molecule has 3 rings (SSSR count). The number of fused-ring (bicyclic) bond motifs is 1. The summed E-state index contributed by atoms with van der Waals surface area (Å²) in [5.41, 5.74) is 0.708. The number of aliphatic hydroxyl groups is 4. The van der Waals surface area contributed by atoms with Gasteiger partial charge in [0.2, 0.25) is 0 Å². The lowest BCUT2D eigenvalue weighted by Crippen LogP contribution is -2.59. The molecule has 2 unspecified atom stereocenters. The average Bonchev–Trinajstić information content (AvgIpc) is 2.85. The number of rotatable bonds is 4. The Kier molecular flexibility index (Phi) is 5.71. The Morgan fingerprint density at radius 1 is 0.963 bits per heavy atom. The molecule has 1 heterocycles. The van der Waals surface area contributed by atoms with E-state index in [1.165, 1.54) is 18.2 Å². The lowest BCUT2D eigenvalue weighted by Gasteiger charge is -2.41. The summed E-state index contributed by atoms with van der Waals surface area (Å²) < 4.78 is 51.2. The van der Waals surface area contributed by atoms with E-state index >= 15 is 0 Å². The van der Waals surface area contributed by atoms with E-state index in [4.69, 9.17) is 9.47 Å². The van der Waals surface area contributed by atoms with Crippen LogP contribution in [0.2, 0.25) is 0 Å². The minimum absolute atomic E-state index is 0.175. The van der Waals surface area contributed by atoms with Crippen LogP contribution in [0.25, 0.3) is 11.1 Å². The van der Waals surface area contributed by atoms with Crippen LogP contribution in [-0.2, 0) is 9.47 Å². The van der Waals surface area contributed by atoms with Crippen molar-refractivity contribution in [2.45, 2.75) is 43.0 Å². The fourth-order valence-corrected chi connectivity index (χ4v) is 3.11. The fourth-order valence-electron chi connectivity index (χ4n) is 3.11. The molecule has 0 amide bonds. The van der Waals surface area contributed by atoms with E-state index in [9.17, 15) is 33.6 Å². The van der Waals surface area contributed by atoms with Crippen molar-refractivity contribution in [2.24, 2.45) is 0 Å². The van der Waals surface area contributed by atoms with Gasteiger partial charge in [-0.1, -0.05) is 42.5 Å². The zero-order valence-corrected chi connectivity index (χ0v) is 14.0. The maximum absolute atomic E-state index is 13.7. The van der Waals surface area contributed by atoms with E-state index in [-0.39, 0.29) is 5.56 Å². The van der Waals surface area contributed by atoms with Gasteiger partial charge in [0.15, 0.2) is 12.4 Å². The first-order valence-electron chi connectivity index (χ1n) is 8.24. The Morgan fingerprint density at radius 2 is 1.67 bits per heavy atom. The molecule has 4 N–H and O–H groups in total. The molecule has 1 fully saturated rings. The molecule has 2 aliphatic carbocycles. The molecular weight excluding hydrogens is 369 g/mol. The van der Waals surface area contributed by atoms with Crippen LogP contribution in [0, 0.1) is 0 Å². The summed E-state index contributed by atoms with van der Waals surface area (Å²) in [5.74, 6) is 0. The highest BCUT2D eigenvalue weighted by Gasteiger charge is 2.50. The molecule has 1 aliphatic heterocycles. The number of hydrogen-bond donors (Lipinski definition) is 4. The summed E-state index contributed by atoms with van der Waals surface area (Å²) in [4.78, 5) is 0. The second kappa shape index (κ2) is 7.70. The summed E-state index contributed by atoms with van der Waals surface area (Å²) in [5, 5.41) is 38.7. The van der Waals surface area contributed by atoms with Crippen LogP contribution in [0.15, 0.2) is 42.5 Å². The third-order valence-electron chi connectivity index (χ3n) is 4.52. The molecule has 0 aromatic heterocycles. The average molecular weight is 388 g/mol. The Morgan fingerprint density at radius 3 is 2.33 bits per heavy atom. The van der Waals surface area contributed by atoms with Gasteiger partial charge in [-0.25, -0.2) is 0 Å². The van der Waals surface area contributed by atoms with E-state index in [2.05, 4.69) is 0 Å². The smallest absolute Gasteiger partial charge is 0.394 e. The van der Waals surface area contributed by atoms with Gasteiger partial charge in [0.1, 0.15) is 24.4 Å². The third-order valence-corrected chi connectivity index (χ3v) is 4.52. The Hall–Kier alpha value is -1.75. The van der Waals surface area contributed by atoms with Crippen molar-refractivity contribution in [2.75, 3.05) is 6.61 Å². The first kappa shape index (κ1) is 20.0. The number of aliphatic hydroxyl groups excluding tert-OH is 4. The van der Waals surface area contributed by atoms with E-state index in [1.807, 2.05) is 0 Å². The highest BCUT2D eigenvalue weighted by atomic mass is 19.4. The highest BCUT2D eigenvalue weighted by molar-refractivity contribution is 5.71. The number of ether oxygens (including phenoxy) is 2. The van der Waals surface area contributed by atoms with Crippen molar-refractivity contribution in [3.05, 3.63) is 48.0 Å². The second-order valence-electron chi connectivity index (χ2n) is 6.32. The first-order chi connectivity index (χ1) is 12.7. The van der Waals surface area contributed by atoms with Crippen LogP contribution >= 0.6 is 0 Å². The van der Waals surface area contributed by atoms with Gasteiger partial charge < -0.3 is 29.9 Å². The van der Waals surface area contributed by atoms with Crippen LogP contribution in [0.1, 0.15) is 11.7 Å². The van der Waals surface area contributed by atoms with E-state index in [0.29, 0.717) is 11.1 Å². The molecule has 6 nitrogen and oxygen atoms in total. The molecule has 0 radical (unpaired) electrons. The zero-order chi connectivity index (χ0) is 19.8. The molecule has 27 heavy (non-hydrogen) atoms. The van der Waals surface area contributed by atoms with Crippen molar-refractivity contribution < 1.29 is 43.1 Å². The Labute approximate surface area is 152 Å². The molecule has 148 valence electrons. The van der Waals surface area contributed by atoms with Crippen molar-refractivity contribution in [1.29, 1.82) is 0 Å². The molecule has 0 saturated carbocycles. The van der Waals surface area contributed by atoms with Crippen LogP contribution in [-0.4, -0.2) is 63.9 Å². The normalized spacial score (nSPS) is 30.4. The van der Waals surface area contributed by atoms with Gasteiger partial charge in [0.25, 0.3) is 0 Å². The molecule has 3 aliphatic rings. The quantitative estimate of drug-likeness (QED) is 0.629. The number of alkyl halides is 3. The van der Waals surface area contributed by atoms with Gasteiger partial charge in [-0.05, 0) is 16.7 Å². The predicted octanol–water partition coefficient (Wildman–Crippen LogP) is 1.21. The third kappa shape index (κ3) is 3.93. The fraction of sp³-hybridized carbons (Fsp3) is 0.444. The molecule has 0 aromatic rings. The van der Waals surface area contributed by atoms with Crippen molar-refractivity contribution in [3.63, 3.8) is 0 Å². The predicted molar refractivity (Wildman–Crippen MR) is 86.7 cm³/mol. The summed E-state index contributed by atoms with van der Waals surface area (Å²) in [6, 6.07) is 10.9. The SMILES string of the molecule is OC[C@H]1OC(OC(c2ccc3cccccc2-3)C(F)(F)F)[C@H](O)[C@@H](O)[C@@H]1O. The molecule has 0 aromatic carbocycles. The van der Waals surface area contributed by atoms with E-state index in [1.54, 1.807) is 24.3 Å². The first-order valence-corrected chi connectivity index (χ1v) is 8.24. The number of hydrogen-bond acceptors (Lipinski definition) is 6. The molecule has 0 bridgehead atoms. The van der Waals surface area contributed by atoms with Crippen LogP contribution in [0.5, 0.6) is 0 Å². The summed E-state index contributed by atoms with van der Waals surface area (Å²) in [6.45, 7) is -0.767. The maximum Gasteiger partial charge on any atom is 0.419 e. The molecule has 0 spiro atoms. The molecule has 9 heteroatoms. The van der Waals surface area contributed by atoms with Crippen molar-refractivity contribution in [1.82, 2.24) is 0 Å².